The number of furan rings is 1. The van der Waals surface area contributed by atoms with Crippen molar-refractivity contribution in [3.63, 3.8) is 0 Å². The molecule has 0 aliphatic carbocycles. The standard InChI is InChI=1S/C45H28N2O2/c1-3-9-29(10-4-1)30-17-20-34(21-18-30)47(35-22-19-32-16-15-31-11-7-8-14-37(31)38(32)27-35)36-23-24-40-39(28-36)43-41(48-40)25-26-42-44(43)46-45(49-42)33-12-5-2-6-13-33/h1-28H. The molecule has 10 aromatic rings. The van der Waals surface area contributed by atoms with Crippen molar-refractivity contribution >= 4 is 71.6 Å². The number of rotatable bonds is 5. The predicted octanol–water partition coefficient (Wildman–Crippen LogP) is 12.8. The fraction of sp³-hybridized carbons (Fsp3) is 0. The molecular formula is C45H28N2O2. The number of hydrogen-bond acceptors (Lipinski definition) is 4. The minimum absolute atomic E-state index is 0.595. The second-order valence-electron chi connectivity index (χ2n) is 12.4. The van der Waals surface area contributed by atoms with Gasteiger partial charge in [-0.2, -0.15) is 0 Å². The molecule has 2 aromatic heterocycles. The second kappa shape index (κ2) is 11.0. The van der Waals surface area contributed by atoms with Gasteiger partial charge in [-0.3, -0.25) is 0 Å². The lowest BCUT2D eigenvalue weighted by Gasteiger charge is -2.26. The molecule has 0 amide bonds. The van der Waals surface area contributed by atoms with Gasteiger partial charge < -0.3 is 13.7 Å². The summed E-state index contributed by atoms with van der Waals surface area (Å²) in [5, 5.41) is 6.83. The Kier molecular flexibility index (Phi) is 6.15. The minimum Gasteiger partial charge on any atom is -0.456 e. The highest BCUT2D eigenvalue weighted by Gasteiger charge is 2.20. The SMILES string of the molecule is c1ccc(-c2ccc(N(c3ccc4ccc5ccccc5c4c3)c3ccc4oc5ccc6oc(-c7ccccc7)nc6c5c4c3)cc2)cc1. The van der Waals surface area contributed by atoms with Crippen LogP contribution in [0.5, 0.6) is 0 Å². The van der Waals surface area contributed by atoms with Gasteiger partial charge in [0.05, 0.1) is 5.39 Å². The fourth-order valence-electron chi connectivity index (χ4n) is 7.09. The molecular weight excluding hydrogens is 601 g/mol. The van der Waals surface area contributed by atoms with Gasteiger partial charge in [0.15, 0.2) is 5.58 Å². The van der Waals surface area contributed by atoms with Crippen LogP contribution in [-0.2, 0) is 0 Å². The Morgan fingerprint density at radius 2 is 0.959 bits per heavy atom. The molecule has 4 nitrogen and oxygen atoms in total. The first-order valence-electron chi connectivity index (χ1n) is 16.5. The molecule has 10 rings (SSSR count). The van der Waals surface area contributed by atoms with E-state index in [2.05, 4.69) is 126 Å². The smallest absolute Gasteiger partial charge is 0.227 e. The van der Waals surface area contributed by atoms with Crippen molar-refractivity contribution in [2.45, 2.75) is 0 Å². The first-order chi connectivity index (χ1) is 24.3. The van der Waals surface area contributed by atoms with E-state index >= 15 is 0 Å². The maximum Gasteiger partial charge on any atom is 0.227 e. The lowest BCUT2D eigenvalue weighted by Crippen LogP contribution is -2.09. The van der Waals surface area contributed by atoms with Crippen LogP contribution >= 0.6 is 0 Å². The molecule has 0 saturated heterocycles. The van der Waals surface area contributed by atoms with Gasteiger partial charge >= 0.3 is 0 Å². The highest BCUT2D eigenvalue weighted by atomic mass is 16.4. The molecule has 0 saturated carbocycles. The van der Waals surface area contributed by atoms with Crippen molar-refractivity contribution in [2.24, 2.45) is 0 Å². The van der Waals surface area contributed by atoms with Crippen molar-refractivity contribution in [1.82, 2.24) is 4.98 Å². The first-order valence-corrected chi connectivity index (χ1v) is 16.5. The normalized spacial score (nSPS) is 11.7. The van der Waals surface area contributed by atoms with Crippen LogP contribution in [0.4, 0.5) is 17.1 Å². The summed E-state index contributed by atoms with van der Waals surface area (Å²) in [6, 6.07) is 59.4. The Hall–Kier alpha value is -6.65. The molecule has 4 heteroatoms. The van der Waals surface area contributed by atoms with Gasteiger partial charge in [0.1, 0.15) is 16.7 Å². The summed E-state index contributed by atoms with van der Waals surface area (Å²) >= 11 is 0. The van der Waals surface area contributed by atoms with Crippen LogP contribution < -0.4 is 4.90 Å². The lowest BCUT2D eigenvalue weighted by molar-refractivity contribution is 0.619. The highest BCUT2D eigenvalue weighted by Crippen LogP contribution is 2.42. The molecule has 0 atom stereocenters. The molecule has 0 aliphatic rings. The van der Waals surface area contributed by atoms with Gasteiger partial charge in [0.25, 0.3) is 0 Å². The monoisotopic (exact) mass is 628 g/mol. The van der Waals surface area contributed by atoms with Crippen molar-refractivity contribution in [2.75, 3.05) is 4.90 Å². The molecule has 0 N–H and O–H groups in total. The van der Waals surface area contributed by atoms with Gasteiger partial charge in [-0.05, 0) is 99.4 Å². The number of aromatic nitrogens is 1. The molecule has 0 radical (unpaired) electrons. The van der Waals surface area contributed by atoms with E-state index in [1.54, 1.807) is 0 Å². The molecule has 0 unspecified atom stereocenters. The van der Waals surface area contributed by atoms with E-state index in [9.17, 15) is 0 Å². The van der Waals surface area contributed by atoms with Gasteiger partial charge in [-0.15, -0.1) is 0 Å². The number of nitrogens with zero attached hydrogens (tertiary/aromatic N) is 2. The molecule has 0 spiro atoms. The summed E-state index contributed by atoms with van der Waals surface area (Å²) in [5.74, 6) is 0.595. The second-order valence-corrected chi connectivity index (χ2v) is 12.4. The summed E-state index contributed by atoms with van der Waals surface area (Å²) in [6.45, 7) is 0. The summed E-state index contributed by atoms with van der Waals surface area (Å²) in [7, 11) is 0. The Morgan fingerprint density at radius 1 is 0.388 bits per heavy atom. The zero-order valence-electron chi connectivity index (χ0n) is 26.4. The fourth-order valence-corrected chi connectivity index (χ4v) is 7.09. The summed E-state index contributed by atoms with van der Waals surface area (Å²) in [6.07, 6.45) is 0. The van der Waals surface area contributed by atoms with Gasteiger partial charge in [-0.25, -0.2) is 4.98 Å². The van der Waals surface area contributed by atoms with Crippen LogP contribution in [0.3, 0.4) is 0 Å². The third kappa shape index (κ3) is 4.57. The molecule has 8 aromatic carbocycles. The summed E-state index contributed by atoms with van der Waals surface area (Å²) < 4.78 is 12.6. The van der Waals surface area contributed by atoms with Gasteiger partial charge in [0.2, 0.25) is 5.89 Å². The Labute approximate surface area is 282 Å². The van der Waals surface area contributed by atoms with Crippen LogP contribution in [0.1, 0.15) is 0 Å². The third-order valence-corrected chi connectivity index (χ3v) is 9.48. The van der Waals surface area contributed by atoms with Crippen molar-refractivity contribution < 1.29 is 8.83 Å². The van der Waals surface area contributed by atoms with Crippen LogP contribution in [0.15, 0.2) is 179 Å². The number of hydrogen-bond donors (Lipinski definition) is 0. The van der Waals surface area contributed by atoms with Crippen molar-refractivity contribution in [3.8, 4) is 22.6 Å². The van der Waals surface area contributed by atoms with E-state index in [-0.39, 0.29) is 0 Å². The van der Waals surface area contributed by atoms with Crippen molar-refractivity contribution in [3.05, 3.63) is 170 Å². The zero-order chi connectivity index (χ0) is 32.3. The predicted molar refractivity (Wildman–Crippen MR) is 202 cm³/mol. The molecule has 2 heterocycles. The lowest BCUT2D eigenvalue weighted by atomic mass is 10.0. The quantitative estimate of drug-likeness (QED) is 0.178. The summed E-state index contributed by atoms with van der Waals surface area (Å²) in [5.41, 5.74) is 9.56. The minimum atomic E-state index is 0.595. The third-order valence-electron chi connectivity index (χ3n) is 9.48. The highest BCUT2D eigenvalue weighted by molar-refractivity contribution is 6.17. The topological polar surface area (TPSA) is 42.4 Å². The van der Waals surface area contributed by atoms with Gasteiger partial charge in [0, 0.05) is 28.0 Å². The van der Waals surface area contributed by atoms with E-state index in [0.29, 0.717) is 5.89 Å². The van der Waals surface area contributed by atoms with E-state index in [1.165, 1.54) is 32.7 Å². The van der Waals surface area contributed by atoms with Crippen molar-refractivity contribution in [1.29, 1.82) is 0 Å². The average molecular weight is 629 g/mol. The Morgan fingerprint density at radius 3 is 1.76 bits per heavy atom. The Bertz CT molecular complexity index is 2820. The van der Waals surface area contributed by atoms with Gasteiger partial charge in [-0.1, -0.05) is 103 Å². The van der Waals surface area contributed by atoms with Crippen LogP contribution in [0, 0.1) is 0 Å². The Balaban J connectivity index is 1.18. The molecule has 0 bridgehead atoms. The largest absolute Gasteiger partial charge is 0.456 e. The van der Waals surface area contributed by atoms with E-state index in [1.807, 2.05) is 48.5 Å². The number of fused-ring (bicyclic) bond motifs is 8. The summed E-state index contributed by atoms with van der Waals surface area (Å²) in [4.78, 5) is 7.31. The van der Waals surface area contributed by atoms with E-state index in [0.717, 1.165) is 55.7 Å². The number of anilines is 3. The number of benzene rings is 8. The number of oxazole rings is 1. The van der Waals surface area contributed by atoms with Crippen LogP contribution in [-0.4, -0.2) is 4.98 Å². The van der Waals surface area contributed by atoms with E-state index < -0.39 is 0 Å². The molecule has 230 valence electrons. The van der Waals surface area contributed by atoms with Crippen LogP contribution in [0.2, 0.25) is 0 Å². The maximum atomic E-state index is 6.39. The molecule has 49 heavy (non-hydrogen) atoms. The van der Waals surface area contributed by atoms with E-state index in [4.69, 9.17) is 13.8 Å². The maximum absolute atomic E-state index is 6.39. The molecule has 0 aliphatic heterocycles. The van der Waals surface area contributed by atoms with Crippen LogP contribution in [0.25, 0.3) is 77.2 Å². The first kappa shape index (κ1) is 27.5. The average Bonchev–Trinajstić information content (AvgIpc) is 3.77. The zero-order valence-corrected chi connectivity index (χ0v) is 26.4. The molecule has 0 fully saturated rings.